The van der Waals surface area contributed by atoms with Gasteiger partial charge in [-0.1, -0.05) is 139 Å². The van der Waals surface area contributed by atoms with Crippen molar-refractivity contribution in [3.05, 3.63) is 192 Å². The highest BCUT2D eigenvalue weighted by Gasteiger charge is 2.29. The Labute approximate surface area is 394 Å². The van der Waals surface area contributed by atoms with E-state index in [1.807, 2.05) is 12.1 Å². The molecule has 0 saturated heterocycles. The molecule has 13 aromatic rings. The highest BCUT2D eigenvalue weighted by atomic mass is 15.0. The lowest BCUT2D eigenvalue weighted by atomic mass is 9.73. The molecule has 0 radical (unpaired) electrons. The molecular weight excluding hydrogens is 825 g/mol. The Morgan fingerprint density at radius 2 is 0.676 bits per heavy atom. The quantitative estimate of drug-likeness (QED) is 0.131. The third kappa shape index (κ3) is 5.46. The largest absolute Gasteiger partial charge is 0.309 e. The van der Waals surface area contributed by atoms with Crippen molar-refractivity contribution in [2.75, 3.05) is 0 Å². The average Bonchev–Trinajstić information content (AvgIpc) is 3.87. The topological polar surface area (TPSA) is 57.4 Å². The van der Waals surface area contributed by atoms with E-state index >= 15 is 0 Å². The van der Waals surface area contributed by atoms with E-state index in [1.165, 1.54) is 76.5 Å². The molecule has 13 rings (SSSR count). The third-order valence-electron chi connectivity index (χ3n) is 14.7. The van der Waals surface area contributed by atoms with Crippen LogP contribution in [0.15, 0.2) is 170 Å². The standard InChI is InChI=1S/C64H46N4/c1-63(2,3)61-49-21-17-38(44-28-32-56-60-48(44)26-24-46-40(36-66)20-30-54(58(46)60)68(56)42-15-11-8-12-16-42)34-52(49)62(64(4,5)6)50-22-18-37(33-51(50)61)43-27-31-55-59-47(43)25-23-45-39(35-65)19-29-53(57(45)59)67(55)41-13-9-7-10-14-41/h7-34H,1-6H3. The average molecular weight is 871 g/mol. The van der Waals surface area contributed by atoms with E-state index in [0.29, 0.717) is 11.1 Å². The van der Waals surface area contributed by atoms with Crippen molar-refractivity contribution in [2.24, 2.45) is 0 Å². The fraction of sp³-hybridized carbons (Fsp3) is 0.125. The molecule has 0 atom stereocenters. The van der Waals surface area contributed by atoms with Crippen LogP contribution in [0.5, 0.6) is 0 Å². The predicted molar refractivity (Wildman–Crippen MR) is 285 cm³/mol. The van der Waals surface area contributed by atoms with Crippen molar-refractivity contribution in [2.45, 2.75) is 52.4 Å². The summed E-state index contributed by atoms with van der Waals surface area (Å²) < 4.78 is 4.69. The van der Waals surface area contributed by atoms with Crippen molar-refractivity contribution in [1.82, 2.24) is 9.13 Å². The summed E-state index contributed by atoms with van der Waals surface area (Å²) in [6.07, 6.45) is 0. The lowest BCUT2D eigenvalue weighted by Crippen LogP contribution is -2.17. The lowest BCUT2D eigenvalue weighted by Gasteiger charge is -2.31. The monoisotopic (exact) mass is 870 g/mol. The fourth-order valence-corrected chi connectivity index (χ4v) is 12.1. The zero-order valence-electron chi connectivity index (χ0n) is 39.0. The number of hydrogen-bond donors (Lipinski definition) is 0. The van der Waals surface area contributed by atoms with Crippen molar-refractivity contribution in [3.63, 3.8) is 0 Å². The maximum Gasteiger partial charge on any atom is 0.0998 e. The van der Waals surface area contributed by atoms with E-state index in [1.54, 1.807) is 0 Å². The first-order valence-corrected chi connectivity index (χ1v) is 23.6. The van der Waals surface area contributed by atoms with Crippen LogP contribution in [0.2, 0.25) is 0 Å². The van der Waals surface area contributed by atoms with E-state index in [-0.39, 0.29) is 10.8 Å². The summed E-state index contributed by atoms with van der Waals surface area (Å²) in [4.78, 5) is 0. The van der Waals surface area contributed by atoms with Crippen LogP contribution in [0, 0.1) is 22.7 Å². The van der Waals surface area contributed by atoms with Gasteiger partial charge in [-0.05, 0) is 149 Å². The molecule has 0 N–H and O–H groups in total. The number of nitrogens with zero attached hydrogens (tertiary/aromatic N) is 4. The molecular formula is C64H46N4. The minimum Gasteiger partial charge on any atom is -0.309 e. The normalized spacial score (nSPS) is 12.5. The lowest BCUT2D eigenvalue weighted by molar-refractivity contribution is 0.593. The Balaban J connectivity index is 1.05. The summed E-state index contributed by atoms with van der Waals surface area (Å²) in [7, 11) is 0. The van der Waals surface area contributed by atoms with E-state index in [0.717, 1.165) is 55.0 Å². The second-order valence-electron chi connectivity index (χ2n) is 20.7. The summed E-state index contributed by atoms with van der Waals surface area (Å²) in [5, 5.41) is 34.5. The molecule has 68 heavy (non-hydrogen) atoms. The number of fused-ring (bicyclic) bond motifs is 2. The van der Waals surface area contributed by atoms with Gasteiger partial charge in [0.25, 0.3) is 0 Å². The van der Waals surface area contributed by atoms with E-state index in [9.17, 15) is 10.5 Å². The first-order chi connectivity index (χ1) is 32.9. The maximum absolute atomic E-state index is 10.2. The fourth-order valence-electron chi connectivity index (χ4n) is 12.1. The smallest absolute Gasteiger partial charge is 0.0998 e. The Bertz CT molecular complexity index is 4050. The SMILES string of the molecule is CC(C)(C)c1c2ccc(-c3ccc4c5c3ccc3c(C#N)ccc(c35)n4-c3ccccc3)cc2c(C(C)(C)C)c2ccc(-c3ccc4c5c3ccc3c(C#N)ccc(c35)n4-c3ccccc3)cc12. The number of aromatic nitrogens is 2. The van der Waals surface area contributed by atoms with Gasteiger partial charge in [-0.3, -0.25) is 0 Å². The van der Waals surface area contributed by atoms with E-state index in [2.05, 4.69) is 221 Å². The molecule has 2 aromatic heterocycles. The van der Waals surface area contributed by atoms with Crippen LogP contribution in [0.25, 0.3) is 120 Å². The van der Waals surface area contributed by atoms with Crippen LogP contribution < -0.4 is 0 Å². The van der Waals surface area contributed by atoms with Gasteiger partial charge in [-0.15, -0.1) is 0 Å². The molecule has 0 aliphatic carbocycles. The number of nitriles is 2. The number of hydrogen-bond acceptors (Lipinski definition) is 2. The van der Waals surface area contributed by atoms with Gasteiger partial charge in [-0.2, -0.15) is 10.5 Å². The molecule has 4 nitrogen and oxygen atoms in total. The Hall–Kier alpha value is -8.44. The Morgan fingerprint density at radius 3 is 1.04 bits per heavy atom. The van der Waals surface area contributed by atoms with Crippen molar-refractivity contribution in [1.29, 1.82) is 10.5 Å². The third-order valence-corrected chi connectivity index (χ3v) is 14.7. The second-order valence-corrected chi connectivity index (χ2v) is 20.7. The van der Waals surface area contributed by atoms with Gasteiger partial charge < -0.3 is 9.13 Å². The molecule has 0 bridgehead atoms. The van der Waals surface area contributed by atoms with Crippen LogP contribution in [0.3, 0.4) is 0 Å². The highest BCUT2D eigenvalue weighted by molar-refractivity contribution is 6.29. The molecule has 0 unspecified atom stereocenters. The molecule has 0 aliphatic rings. The van der Waals surface area contributed by atoms with Gasteiger partial charge in [-0.25, -0.2) is 0 Å². The van der Waals surface area contributed by atoms with Gasteiger partial charge in [0.1, 0.15) is 0 Å². The van der Waals surface area contributed by atoms with Crippen LogP contribution in [0.1, 0.15) is 63.8 Å². The first kappa shape index (κ1) is 39.9. The molecule has 0 spiro atoms. The van der Waals surface area contributed by atoms with Gasteiger partial charge in [0, 0.05) is 43.7 Å². The summed E-state index contributed by atoms with van der Waals surface area (Å²) >= 11 is 0. The van der Waals surface area contributed by atoms with Gasteiger partial charge in [0.2, 0.25) is 0 Å². The number of para-hydroxylation sites is 2. The zero-order valence-corrected chi connectivity index (χ0v) is 39.0. The summed E-state index contributed by atoms with van der Waals surface area (Å²) in [6.45, 7) is 14.1. The van der Waals surface area contributed by atoms with Crippen LogP contribution in [-0.2, 0) is 10.8 Å². The van der Waals surface area contributed by atoms with E-state index in [4.69, 9.17) is 0 Å². The summed E-state index contributed by atoms with van der Waals surface area (Å²) in [6, 6.07) is 66.4. The zero-order chi connectivity index (χ0) is 46.4. The molecule has 0 aliphatic heterocycles. The van der Waals surface area contributed by atoms with E-state index < -0.39 is 0 Å². The molecule has 322 valence electrons. The summed E-state index contributed by atoms with van der Waals surface area (Å²) in [5.74, 6) is 0. The first-order valence-electron chi connectivity index (χ1n) is 23.6. The molecule has 0 saturated carbocycles. The van der Waals surface area contributed by atoms with Crippen LogP contribution in [0.4, 0.5) is 0 Å². The molecule has 11 aromatic carbocycles. The molecule has 2 heterocycles. The molecule has 0 amide bonds. The molecule has 4 heteroatoms. The second kappa shape index (κ2) is 14.0. The van der Waals surface area contributed by atoms with Crippen molar-refractivity contribution >= 4 is 86.7 Å². The van der Waals surface area contributed by atoms with Crippen molar-refractivity contribution < 1.29 is 0 Å². The number of rotatable bonds is 4. The van der Waals surface area contributed by atoms with Gasteiger partial charge in [0.05, 0.1) is 45.3 Å². The predicted octanol–water partition coefficient (Wildman–Crippen LogP) is 17.0. The number of benzene rings is 11. The van der Waals surface area contributed by atoms with Crippen LogP contribution in [-0.4, -0.2) is 9.13 Å². The van der Waals surface area contributed by atoms with Crippen LogP contribution >= 0.6 is 0 Å². The van der Waals surface area contributed by atoms with Gasteiger partial charge in [0.15, 0.2) is 0 Å². The minimum atomic E-state index is -0.182. The highest BCUT2D eigenvalue weighted by Crippen LogP contribution is 2.49. The minimum absolute atomic E-state index is 0.182. The van der Waals surface area contributed by atoms with Gasteiger partial charge >= 0.3 is 0 Å². The maximum atomic E-state index is 10.2. The molecule has 0 fully saturated rings. The summed E-state index contributed by atoms with van der Waals surface area (Å²) in [5.41, 5.74) is 15.1. The Kier molecular flexibility index (Phi) is 8.23. The Morgan fingerprint density at radius 1 is 0.338 bits per heavy atom. The van der Waals surface area contributed by atoms with Crippen molar-refractivity contribution in [3.8, 4) is 45.8 Å².